The van der Waals surface area contributed by atoms with E-state index in [9.17, 15) is 31.2 Å². The first-order valence-electron chi connectivity index (χ1n) is 6.44. The summed E-state index contributed by atoms with van der Waals surface area (Å²) in [7, 11) is -4.54. The molecule has 1 aliphatic rings. The number of amides is 1. The molecule has 1 aromatic rings. The van der Waals surface area contributed by atoms with Crippen LogP contribution >= 0.6 is 0 Å². The minimum atomic E-state index is -5.57. The van der Waals surface area contributed by atoms with Gasteiger partial charge in [0, 0.05) is 5.56 Å². The lowest BCUT2D eigenvalue weighted by Gasteiger charge is -2.20. The summed E-state index contributed by atoms with van der Waals surface area (Å²) in [5, 5.41) is 16.6. The van der Waals surface area contributed by atoms with Gasteiger partial charge in [0.2, 0.25) is 0 Å². The molecule has 26 heavy (non-hydrogen) atoms. The van der Waals surface area contributed by atoms with Gasteiger partial charge >= 0.3 is 17.6 Å². The lowest BCUT2D eigenvalue weighted by Crippen LogP contribution is -2.44. The molecule has 0 saturated heterocycles. The number of rotatable bonds is 3. The molecule has 14 heteroatoms. The van der Waals surface area contributed by atoms with Gasteiger partial charge in [0.05, 0.1) is 12.0 Å². The standard InChI is InChI=1S/C12H9F3N4O6S/c1-25-11(22)19-17-8(9(10(20)21)16-18-19)6-2-4-7(5-3-6)26(23,24)12(13,14)15/h2-5,18H,1H3,(H,20,21). The van der Waals surface area contributed by atoms with Gasteiger partial charge in [0.1, 0.15) is 5.71 Å². The molecule has 0 saturated carbocycles. The largest absolute Gasteiger partial charge is 0.501 e. The van der Waals surface area contributed by atoms with Gasteiger partial charge in [0.15, 0.2) is 5.71 Å². The fourth-order valence-corrected chi connectivity index (χ4v) is 2.52. The predicted molar refractivity (Wildman–Crippen MR) is 78.7 cm³/mol. The van der Waals surface area contributed by atoms with Gasteiger partial charge in [-0.05, 0) is 12.1 Å². The number of aliphatic carboxylic acids is 1. The molecular formula is C12H9F3N4O6S. The highest BCUT2D eigenvalue weighted by Gasteiger charge is 2.46. The summed E-state index contributed by atoms with van der Waals surface area (Å²) in [6, 6.07) is 3.06. The fourth-order valence-electron chi connectivity index (χ4n) is 1.76. The molecule has 1 aliphatic heterocycles. The number of nitrogens with zero attached hydrogens (tertiary/aromatic N) is 3. The van der Waals surface area contributed by atoms with E-state index < -0.39 is 43.7 Å². The van der Waals surface area contributed by atoms with Gasteiger partial charge in [-0.1, -0.05) is 17.3 Å². The Morgan fingerprint density at radius 2 is 1.81 bits per heavy atom. The van der Waals surface area contributed by atoms with Crippen molar-refractivity contribution in [1.82, 2.24) is 10.7 Å². The maximum Gasteiger partial charge on any atom is 0.501 e. The van der Waals surface area contributed by atoms with Crippen molar-refractivity contribution < 1.29 is 41.0 Å². The normalized spacial score (nSPS) is 14.8. The Hall–Kier alpha value is -3.16. The number of carbonyl (C=O) groups excluding carboxylic acids is 1. The predicted octanol–water partition coefficient (Wildman–Crippen LogP) is 0.711. The van der Waals surface area contributed by atoms with Crippen molar-refractivity contribution in [2.75, 3.05) is 7.11 Å². The number of halogens is 3. The molecule has 10 nitrogen and oxygen atoms in total. The van der Waals surface area contributed by atoms with Crippen molar-refractivity contribution in [2.45, 2.75) is 10.4 Å². The Bertz CT molecular complexity index is 908. The first kappa shape index (κ1) is 19.2. The Kier molecular flexibility index (Phi) is 4.88. The molecule has 1 aromatic carbocycles. The number of hydrogen-bond donors (Lipinski definition) is 2. The number of nitrogens with one attached hydrogen (secondary N) is 1. The van der Waals surface area contributed by atoms with Crippen molar-refractivity contribution in [3.63, 3.8) is 0 Å². The van der Waals surface area contributed by atoms with Crippen LogP contribution in [0.3, 0.4) is 0 Å². The van der Waals surface area contributed by atoms with E-state index in [4.69, 9.17) is 5.11 Å². The van der Waals surface area contributed by atoms with Crippen molar-refractivity contribution in [1.29, 1.82) is 0 Å². The van der Waals surface area contributed by atoms with E-state index in [1.54, 1.807) is 0 Å². The molecule has 0 unspecified atom stereocenters. The zero-order valence-corrected chi connectivity index (χ0v) is 13.5. The molecule has 0 spiro atoms. The minimum absolute atomic E-state index is 0.0947. The molecule has 2 N–H and O–H groups in total. The Morgan fingerprint density at radius 1 is 1.23 bits per heavy atom. The number of methoxy groups -OCH3 is 1. The van der Waals surface area contributed by atoms with E-state index in [-0.39, 0.29) is 5.56 Å². The number of benzene rings is 1. The summed E-state index contributed by atoms with van der Waals surface area (Å²) in [5.74, 6) is -1.55. The van der Waals surface area contributed by atoms with Crippen LogP contribution in [0.5, 0.6) is 0 Å². The third-order valence-corrected chi connectivity index (χ3v) is 4.48. The molecule has 1 amide bonds. The van der Waals surface area contributed by atoms with Crippen LogP contribution in [0.4, 0.5) is 18.0 Å². The quantitative estimate of drug-likeness (QED) is 0.770. The first-order valence-corrected chi connectivity index (χ1v) is 7.93. The number of carbonyl (C=O) groups is 2. The van der Waals surface area contributed by atoms with Crippen molar-refractivity contribution >= 4 is 33.3 Å². The van der Waals surface area contributed by atoms with Gasteiger partial charge in [-0.2, -0.15) is 18.7 Å². The fraction of sp³-hybridized carbons (Fsp3) is 0.167. The number of hydrazone groups is 2. The molecule has 0 atom stereocenters. The topological polar surface area (TPSA) is 138 Å². The van der Waals surface area contributed by atoms with Crippen molar-refractivity contribution in [3.8, 4) is 0 Å². The average molecular weight is 394 g/mol. The van der Waals surface area contributed by atoms with Crippen LogP contribution in [0.15, 0.2) is 39.4 Å². The summed E-state index contributed by atoms with van der Waals surface area (Å²) in [6.45, 7) is 0. The lowest BCUT2D eigenvalue weighted by atomic mass is 10.1. The molecule has 2 rings (SSSR count). The summed E-state index contributed by atoms with van der Waals surface area (Å²) in [5.41, 5.74) is -4.66. The van der Waals surface area contributed by atoms with E-state index in [2.05, 4.69) is 14.9 Å². The van der Waals surface area contributed by atoms with Crippen molar-refractivity contribution in [2.24, 2.45) is 10.2 Å². The number of ether oxygens (including phenoxy) is 1. The molecule has 0 aromatic heterocycles. The molecule has 140 valence electrons. The van der Waals surface area contributed by atoms with E-state index >= 15 is 0 Å². The van der Waals surface area contributed by atoms with Crippen molar-refractivity contribution in [3.05, 3.63) is 29.8 Å². The molecule has 1 heterocycles. The minimum Gasteiger partial charge on any atom is -0.476 e. The molecular weight excluding hydrogens is 385 g/mol. The maximum absolute atomic E-state index is 12.5. The second-order valence-corrected chi connectivity index (χ2v) is 6.51. The number of carboxylic acids is 1. The number of hydrazine groups is 1. The molecule has 0 aliphatic carbocycles. The number of sulfone groups is 1. The van der Waals surface area contributed by atoms with Gasteiger partial charge < -0.3 is 9.84 Å². The van der Waals surface area contributed by atoms with Crippen LogP contribution in [0.1, 0.15) is 5.56 Å². The van der Waals surface area contributed by atoms with E-state index in [0.717, 1.165) is 19.2 Å². The highest BCUT2D eigenvalue weighted by molar-refractivity contribution is 7.92. The zero-order valence-electron chi connectivity index (χ0n) is 12.7. The summed E-state index contributed by atoms with van der Waals surface area (Å²) in [6.07, 6.45) is -1.05. The lowest BCUT2D eigenvalue weighted by molar-refractivity contribution is -0.129. The van der Waals surface area contributed by atoms with Gasteiger partial charge in [-0.15, -0.1) is 10.2 Å². The molecule has 0 fully saturated rings. The summed E-state index contributed by atoms with van der Waals surface area (Å²) in [4.78, 5) is 21.6. The monoisotopic (exact) mass is 394 g/mol. The Balaban J connectivity index is 2.47. The second-order valence-electron chi connectivity index (χ2n) is 4.57. The third-order valence-electron chi connectivity index (χ3n) is 2.97. The number of alkyl halides is 3. The zero-order chi connectivity index (χ0) is 19.7. The first-order chi connectivity index (χ1) is 12.0. The summed E-state index contributed by atoms with van der Waals surface area (Å²) < 4.78 is 64.7. The Labute approximate surface area is 143 Å². The average Bonchev–Trinajstić information content (AvgIpc) is 2.59. The van der Waals surface area contributed by atoms with Gasteiger partial charge in [-0.3, -0.25) is 0 Å². The summed E-state index contributed by atoms with van der Waals surface area (Å²) >= 11 is 0. The van der Waals surface area contributed by atoms with Gasteiger partial charge in [-0.25, -0.2) is 18.0 Å². The highest BCUT2D eigenvalue weighted by atomic mass is 32.2. The Morgan fingerprint density at radius 3 is 2.27 bits per heavy atom. The van der Waals surface area contributed by atoms with Crippen LogP contribution in [0.2, 0.25) is 0 Å². The maximum atomic E-state index is 12.5. The van der Waals surface area contributed by atoms with E-state index in [0.29, 0.717) is 17.3 Å². The van der Waals surface area contributed by atoms with Crippen LogP contribution in [0.25, 0.3) is 0 Å². The molecule has 0 radical (unpaired) electrons. The van der Waals surface area contributed by atoms with Crippen LogP contribution in [0, 0.1) is 0 Å². The van der Waals surface area contributed by atoms with E-state index in [1.807, 2.05) is 5.53 Å². The van der Waals surface area contributed by atoms with Gasteiger partial charge in [0.25, 0.3) is 9.84 Å². The van der Waals surface area contributed by atoms with Crippen LogP contribution in [-0.2, 0) is 19.4 Å². The SMILES string of the molecule is COC(=O)N1N=C(c2ccc(S(=O)(=O)C(F)(F)F)cc2)C(C(=O)O)=NN1. The number of hydrogen-bond acceptors (Lipinski definition) is 8. The smallest absolute Gasteiger partial charge is 0.476 e. The highest BCUT2D eigenvalue weighted by Crippen LogP contribution is 2.30. The number of carboxylic acid groups (broad SMARTS) is 1. The van der Waals surface area contributed by atoms with E-state index in [1.165, 1.54) is 0 Å². The van der Waals surface area contributed by atoms with Crippen LogP contribution in [-0.4, -0.2) is 54.7 Å². The van der Waals surface area contributed by atoms with Crippen LogP contribution < -0.4 is 5.53 Å². The third kappa shape index (κ3) is 3.44. The second kappa shape index (κ2) is 6.62. The molecule has 0 bridgehead atoms.